The summed E-state index contributed by atoms with van der Waals surface area (Å²) in [5.41, 5.74) is 3.08. The number of likely N-dealkylation sites (N-methyl/N-ethyl adjacent to an activating group) is 1. The largest absolute Gasteiger partial charge is 0.419 e. The first kappa shape index (κ1) is 13.5. The lowest BCUT2D eigenvalue weighted by atomic mass is 10.0. The van der Waals surface area contributed by atoms with Crippen LogP contribution in [0.2, 0.25) is 0 Å². The molecule has 0 aliphatic carbocycles. The van der Waals surface area contributed by atoms with Gasteiger partial charge in [-0.1, -0.05) is 0 Å². The lowest BCUT2D eigenvalue weighted by molar-refractivity contribution is -0.0873. The molecule has 0 saturated carbocycles. The number of aromatic nitrogens is 2. The Morgan fingerprint density at radius 1 is 1.33 bits per heavy atom. The van der Waals surface area contributed by atoms with Crippen LogP contribution in [-0.2, 0) is 0 Å². The second kappa shape index (κ2) is 4.51. The fourth-order valence-electron chi connectivity index (χ4n) is 2.24. The van der Waals surface area contributed by atoms with Gasteiger partial charge in [0.1, 0.15) is 5.84 Å². The van der Waals surface area contributed by atoms with Crippen molar-refractivity contribution in [1.82, 2.24) is 14.6 Å². The predicted octanol–water partition coefficient (Wildman–Crippen LogP) is 2.12. The summed E-state index contributed by atoms with van der Waals surface area (Å²) >= 11 is 0. The molecule has 0 atom stereocenters. The number of allylic oxidation sites excluding steroid dienone is 1. The Bertz CT molecular complexity index is 693. The van der Waals surface area contributed by atoms with Crippen LogP contribution in [0.3, 0.4) is 0 Å². The lowest BCUT2D eigenvalue weighted by Crippen LogP contribution is -2.38. The van der Waals surface area contributed by atoms with Crippen molar-refractivity contribution in [3.8, 4) is 0 Å². The molecule has 0 saturated heterocycles. The van der Waals surface area contributed by atoms with Gasteiger partial charge in [0.25, 0.3) is 0 Å². The van der Waals surface area contributed by atoms with Gasteiger partial charge in [-0.2, -0.15) is 13.2 Å². The quantitative estimate of drug-likeness (QED) is 0.771. The van der Waals surface area contributed by atoms with Gasteiger partial charge >= 0.3 is 6.18 Å². The van der Waals surface area contributed by atoms with Crippen molar-refractivity contribution >= 4 is 11.9 Å². The molecular weight excluding hydrogens is 283 g/mol. The maximum atomic E-state index is 13.0. The van der Waals surface area contributed by atoms with Crippen LogP contribution >= 0.6 is 0 Å². The van der Waals surface area contributed by atoms with E-state index in [4.69, 9.17) is 5.41 Å². The van der Waals surface area contributed by atoms with Crippen LogP contribution in [0.25, 0.3) is 6.08 Å². The Kier molecular flexibility index (Phi) is 2.89. The van der Waals surface area contributed by atoms with Crippen molar-refractivity contribution < 1.29 is 13.2 Å². The summed E-state index contributed by atoms with van der Waals surface area (Å²) in [5, 5.41) is 7.57. The highest BCUT2D eigenvalue weighted by molar-refractivity contribution is 5.99. The van der Waals surface area contributed by atoms with E-state index in [1.165, 1.54) is 11.9 Å². The third-order valence-corrected chi connectivity index (χ3v) is 3.32. The summed E-state index contributed by atoms with van der Waals surface area (Å²) in [4.78, 5) is 5.34. The fourth-order valence-corrected chi connectivity index (χ4v) is 2.24. The number of hydrogen-bond acceptors (Lipinski definition) is 3. The third kappa shape index (κ3) is 2.32. The lowest BCUT2D eigenvalue weighted by Gasteiger charge is -2.30. The Labute approximate surface area is 118 Å². The van der Waals surface area contributed by atoms with Crippen LogP contribution in [0.1, 0.15) is 5.82 Å². The molecule has 0 aromatic carbocycles. The van der Waals surface area contributed by atoms with Crippen molar-refractivity contribution in [1.29, 1.82) is 5.41 Å². The number of imidazole rings is 1. The molecule has 0 bridgehead atoms. The standard InChI is InChI=1S/C13H12F3N5/c1-20-7-8(6-9(12(20)17)13(14,15)16)10-2-3-11-18-4-5-21(11)19-10/h2-6,17,19H,7H2,1H3. The van der Waals surface area contributed by atoms with Gasteiger partial charge in [-0.25, -0.2) is 9.66 Å². The summed E-state index contributed by atoms with van der Waals surface area (Å²) in [6.45, 7) is 0.231. The third-order valence-electron chi connectivity index (χ3n) is 3.32. The minimum atomic E-state index is -4.55. The zero-order chi connectivity index (χ0) is 15.2. The van der Waals surface area contributed by atoms with Gasteiger partial charge in [0.2, 0.25) is 0 Å². The molecule has 2 N–H and O–H groups in total. The van der Waals surface area contributed by atoms with E-state index in [1.54, 1.807) is 29.2 Å². The van der Waals surface area contributed by atoms with Gasteiger partial charge < -0.3 is 4.90 Å². The predicted molar refractivity (Wildman–Crippen MR) is 72.1 cm³/mol. The SMILES string of the molecule is CN1CC(=C2C=Cc3nccn3N2)C=C(C(F)(F)F)C1=N. The number of nitrogens with one attached hydrogen (secondary N) is 2. The summed E-state index contributed by atoms with van der Waals surface area (Å²) in [5.74, 6) is 0.159. The van der Waals surface area contributed by atoms with Crippen LogP contribution in [0.4, 0.5) is 13.2 Å². The molecule has 2 aliphatic heterocycles. The Balaban J connectivity index is 2.05. The zero-order valence-electron chi connectivity index (χ0n) is 11.1. The topological polar surface area (TPSA) is 56.9 Å². The molecule has 0 spiro atoms. The van der Waals surface area contributed by atoms with Crippen molar-refractivity contribution in [2.24, 2.45) is 0 Å². The molecule has 0 unspecified atom stereocenters. The van der Waals surface area contributed by atoms with E-state index in [0.717, 1.165) is 6.08 Å². The molecule has 0 radical (unpaired) electrons. The van der Waals surface area contributed by atoms with Crippen molar-refractivity contribution in [2.45, 2.75) is 6.18 Å². The van der Waals surface area contributed by atoms with Crippen LogP contribution < -0.4 is 5.43 Å². The van der Waals surface area contributed by atoms with E-state index in [9.17, 15) is 13.2 Å². The van der Waals surface area contributed by atoms with E-state index < -0.39 is 17.6 Å². The minimum Gasteiger partial charge on any atom is -0.355 e. The highest BCUT2D eigenvalue weighted by Crippen LogP contribution is 2.32. The molecule has 1 aromatic rings. The second-order valence-electron chi connectivity index (χ2n) is 4.80. The van der Waals surface area contributed by atoms with Crippen LogP contribution in [0.15, 0.2) is 41.4 Å². The van der Waals surface area contributed by atoms with E-state index in [-0.39, 0.29) is 6.54 Å². The molecule has 21 heavy (non-hydrogen) atoms. The van der Waals surface area contributed by atoms with E-state index in [1.807, 2.05) is 0 Å². The van der Waals surface area contributed by atoms with Crippen molar-refractivity contribution in [3.63, 3.8) is 0 Å². The molecule has 1 aromatic heterocycles. The van der Waals surface area contributed by atoms with Gasteiger partial charge in [-0.05, 0) is 23.8 Å². The Hall–Kier alpha value is -2.51. The summed E-state index contributed by atoms with van der Waals surface area (Å²) in [7, 11) is 1.47. The van der Waals surface area contributed by atoms with E-state index in [0.29, 0.717) is 17.1 Å². The normalized spacial score (nSPS) is 22.0. The van der Waals surface area contributed by atoms with Crippen LogP contribution in [0.5, 0.6) is 0 Å². The maximum absolute atomic E-state index is 13.0. The number of fused-ring (bicyclic) bond motifs is 1. The summed E-state index contributed by atoms with van der Waals surface area (Å²) in [6.07, 6.45) is 3.17. The average Bonchev–Trinajstić information content (AvgIpc) is 2.87. The molecule has 2 aliphatic rings. The molecular formula is C13H12F3N5. The summed E-state index contributed by atoms with van der Waals surface area (Å²) in [6, 6.07) is 0. The summed E-state index contributed by atoms with van der Waals surface area (Å²) < 4.78 is 40.6. The monoisotopic (exact) mass is 295 g/mol. The number of nitrogens with zero attached hydrogens (tertiary/aromatic N) is 3. The van der Waals surface area contributed by atoms with E-state index in [2.05, 4.69) is 10.4 Å². The molecule has 110 valence electrons. The zero-order valence-corrected chi connectivity index (χ0v) is 11.1. The minimum absolute atomic E-state index is 0.231. The first-order chi connectivity index (χ1) is 9.86. The fraction of sp³-hybridized carbons (Fsp3) is 0.231. The Morgan fingerprint density at radius 3 is 2.81 bits per heavy atom. The highest BCUT2D eigenvalue weighted by atomic mass is 19.4. The first-order valence-corrected chi connectivity index (χ1v) is 6.17. The van der Waals surface area contributed by atoms with Gasteiger partial charge in [0.05, 0.1) is 11.3 Å². The van der Waals surface area contributed by atoms with E-state index >= 15 is 0 Å². The maximum Gasteiger partial charge on any atom is 0.419 e. The molecule has 0 amide bonds. The van der Waals surface area contributed by atoms with Gasteiger partial charge in [0, 0.05) is 26.0 Å². The number of halogens is 3. The smallest absolute Gasteiger partial charge is 0.355 e. The van der Waals surface area contributed by atoms with Crippen molar-refractivity contribution in [3.05, 3.63) is 47.2 Å². The first-order valence-electron chi connectivity index (χ1n) is 6.17. The average molecular weight is 295 g/mol. The molecule has 3 heterocycles. The molecule has 8 heteroatoms. The van der Waals surface area contributed by atoms with Crippen molar-refractivity contribution in [2.75, 3.05) is 19.0 Å². The molecule has 3 rings (SSSR count). The number of amidine groups is 1. The number of alkyl halides is 3. The molecule has 0 fully saturated rings. The van der Waals surface area contributed by atoms with Gasteiger partial charge in [0.15, 0.2) is 5.82 Å². The van der Waals surface area contributed by atoms with Crippen LogP contribution in [-0.4, -0.2) is 40.2 Å². The number of hydrogen-bond donors (Lipinski definition) is 2. The van der Waals surface area contributed by atoms with Gasteiger partial charge in [-0.15, -0.1) is 0 Å². The van der Waals surface area contributed by atoms with Crippen LogP contribution in [0, 0.1) is 5.41 Å². The number of rotatable bonds is 0. The second-order valence-corrected chi connectivity index (χ2v) is 4.80. The Morgan fingerprint density at radius 2 is 2.10 bits per heavy atom. The van der Waals surface area contributed by atoms with Gasteiger partial charge in [-0.3, -0.25) is 10.8 Å². The molecule has 5 nitrogen and oxygen atoms in total. The highest BCUT2D eigenvalue weighted by Gasteiger charge is 2.40.